The summed E-state index contributed by atoms with van der Waals surface area (Å²) in [7, 11) is 0. The number of unbranched alkanes of at least 4 members (excludes halogenated alkanes) is 1. The van der Waals surface area contributed by atoms with Crippen LogP contribution in [0.5, 0.6) is 0 Å². The van der Waals surface area contributed by atoms with E-state index in [0.29, 0.717) is 10.8 Å². The summed E-state index contributed by atoms with van der Waals surface area (Å²) in [4.78, 5) is 0. The van der Waals surface area contributed by atoms with Crippen LogP contribution in [0.25, 0.3) is 0 Å². The van der Waals surface area contributed by atoms with E-state index in [9.17, 15) is 0 Å². The Kier molecular flexibility index (Phi) is 3.66. The Labute approximate surface area is 102 Å². The topological polar surface area (TPSA) is 0 Å². The maximum absolute atomic E-state index is 2.63. The minimum atomic E-state index is 0.679. The molecule has 3 atom stereocenters. The third-order valence-corrected chi connectivity index (χ3v) is 6.14. The quantitative estimate of drug-likeness (QED) is 0.586. The fraction of sp³-hybridized carbons (Fsp3) is 1.00. The first-order valence-corrected chi connectivity index (χ1v) is 7.62. The summed E-state index contributed by atoms with van der Waals surface area (Å²) in [5.74, 6) is 1.03. The number of rotatable bonds is 3. The van der Waals surface area contributed by atoms with Crippen LogP contribution in [0.2, 0.25) is 0 Å². The summed E-state index contributed by atoms with van der Waals surface area (Å²) < 4.78 is 0. The average Bonchev–Trinajstić information content (AvgIpc) is 2.27. The van der Waals surface area contributed by atoms with Crippen LogP contribution >= 0.6 is 0 Å². The van der Waals surface area contributed by atoms with E-state index in [1.54, 1.807) is 0 Å². The Morgan fingerprint density at radius 2 is 1.69 bits per heavy atom. The zero-order valence-electron chi connectivity index (χ0n) is 11.6. The predicted molar refractivity (Wildman–Crippen MR) is 71.5 cm³/mol. The molecule has 0 spiro atoms. The highest BCUT2D eigenvalue weighted by Gasteiger charge is 2.51. The maximum atomic E-state index is 2.63. The van der Waals surface area contributed by atoms with Crippen LogP contribution in [0.1, 0.15) is 85.0 Å². The van der Waals surface area contributed by atoms with Crippen molar-refractivity contribution in [1.82, 2.24) is 0 Å². The van der Waals surface area contributed by atoms with Gasteiger partial charge in [-0.2, -0.15) is 0 Å². The molecule has 0 heterocycles. The van der Waals surface area contributed by atoms with Crippen molar-refractivity contribution >= 4 is 0 Å². The molecule has 0 aromatic heterocycles. The van der Waals surface area contributed by atoms with Crippen LogP contribution in [-0.4, -0.2) is 0 Å². The van der Waals surface area contributed by atoms with Gasteiger partial charge in [0, 0.05) is 0 Å². The van der Waals surface area contributed by atoms with Crippen molar-refractivity contribution in [2.45, 2.75) is 85.0 Å². The zero-order chi connectivity index (χ0) is 11.6. The molecule has 0 bridgehead atoms. The minimum absolute atomic E-state index is 0.679. The van der Waals surface area contributed by atoms with Crippen LogP contribution in [0.4, 0.5) is 0 Å². The molecule has 2 aliphatic rings. The van der Waals surface area contributed by atoms with Crippen LogP contribution in [0.15, 0.2) is 0 Å². The van der Waals surface area contributed by atoms with E-state index in [1.807, 2.05) is 0 Å². The minimum Gasteiger partial charge on any atom is -0.0654 e. The third kappa shape index (κ3) is 1.93. The highest BCUT2D eigenvalue weighted by molar-refractivity contribution is 5.01. The molecular weight excluding hydrogens is 192 g/mol. The SMILES string of the molecule is CCCCC1CCC[C@@]2(C)CCCC[C@@]12C. The molecule has 2 saturated carbocycles. The first-order chi connectivity index (χ1) is 7.62. The van der Waals surface area contributed by atoms with Crippen molar-refractivity contribution in [3.63, 3.8) is 0 Å². The van der Waals surface area contributed by atoms with Gasteiger partial charge in [-0.25, -0.2) is 0 Å². The predicted octanol–water partition coefficient (Wildman–Crippen LogP) is 5.56. The molecule has 2 aliphatic carbocycles. The Balaban J connectivity index is 2.13. The molecule has 2 fully saturated rings. The van der Waals surface area contributed by atoms with Gasteiger partial charge in [0.2, 0.25) is 0 Å². The summed E-state index contributed by atoms with van der Waals surface area (Å²) in [6.07, 6.45) is 14.9. The van der Waals surface area contributed by atoms with Gasteiger partial charge in [-0.1, -0.05) is 52.9 Å². The van der Waals surface area contributed by atoms with Crippen molar-refractivity contribution in [1.29, 1.82) is 0 Å². The Morgan fingerprint density at radius 1 is 1.00 bits per heavy atom. The van der Waals surface area contributed by atoms with Crippen LogP contribution in [-0.2, 0) is 0 Å². The third-order valence-electron chi connectivity index (χ3n) is 6.14. The van der Waals surface area contributed by atoms with Crippen LogP contribution < -0.4 is 0 Å². The molecule has 94 valence electrons. The second kappa shape index (κ2) is 4.70. The monoisotopic (exact) mass is 222 g/mol. The molecule has 0 aromatic carbocycles. The fourth-order valence-corrected chi connectivity index (χ4v) is 4.67. The van der Waals surface area contributed by atoms with Gasteiger partial charge in [0.25, 0.3) is 0 Å². The first-order valence-electron chi connectivity index (χ1n) is 7.62. The van der Waals surface area contributed by atoms with Gasteiger partial charge in [-0.05, 0) is 48.9 Å². The van der Waals surface area contributed by atoms with Crippen LogP contribution in [0.3, 0.4) is 0 Å². The summed E-state index contributed by atoms with van der Waals surface area (Å²) in [6, 6.07) is 0. The average molecular weight is 222 g/mol. The lowest BCUT2D eigenvalue weighted by Gasteiger charge is -2.58. The van der Waals surface area contributed by atoms with Crippen LogP contribution in [0, 0.1) is 16.7 Å². The summed E-state index contributed by atoms with van der Waals surface area (Å²) in [5.41, 5.74) is 1.36. The molecule has 0 aliphatic heterocycles. The van der Waals surface area contributed by atoms with E-state index in [-0.39, 0.29) is 0 Å². The number of hydrogen-bond acceptors (Lipinski definition) is 0. The Bertz CT molecular complexity index is 228. The van der Waals surface area contributed by atoms with E-state index in [4.69, 9.17) is 0 Å². The van der Waals surface area contributed by atoms with Gasteiger partial charge in [0.15, 0.2) is 0 Å². The van der Waals surface area contributed by atoms with Crippen molar-refractivity contribution in [3.8, 4) is 0 Å². The lowest BCUT2D eigenvalue weighted by Crippen LogP contribution is -2.48. The Hall–Kier alpha value is 0. The van der Waals surface area contributed by atoms with Gasteiger partial charge < -0.3 is 0 Å². The zero-order valence-corrected chi connectivity index (χ0v) is 11.6. The fourth-order valence-electron chi connectivity index (χ4n) is 4.67. The van der Waals surface area contributed by atoms with E-state index in [2.05, 4.69) is 20.8 Å². The van der Waals surface area contributed by atoms with Gasteiger partial charge in [-0.3, -0.25) is 0 Å². The van der Waals surface area contributed by atoms with Gasteiger partial charge in [0.1, 0.15) is 0 Å². The number of hydrogen-bond donors (Lipinski definition) is 0. The van der Waals surface area contributed by atoms with Crippen molar-refractivity contribution in [2.24, 2.45) is 16.7 Å². The van der Waals surface area contributed by atoms with Gasteiger partial charge in [-0.15, -0.1) is 0 Å². The molecule has 16 heavy (non-hydrogen) atoms. The smallest absolute Gasteiger partial charge is 0.0244 e. The van der Waals surface area contributed by atoms with E-state index in [1.165, 1.54) is 64.2 Å². The molecule has 0 heteroatoms. The molecular formula is C16H30. The van der Waals surface area contributed by atoms with Gasteiger partial charge in [0.05, 0.1) is 0 Å². The molecule has 1 unspecified atom stereocenters. The maximum Gasteiger partial charge on any atom is -0.0244 e. The molecule has 0 aromatic rings. The highest BCUT2D eigenvalue weighted by atomic mass is 14.6. The molecule has 0 nitrogen and oxygen atoms in total. The largest absolute Gasteiger partial charge is 0.0654 e. The molecule has 0 radical (unpaired) electrons. The van der Waals surface area contributed by atoms with E-state index < -0.39 is 0 Å². The normalized spacial score (nSPS) is 44.1. The first kappa shape index (κ1) is 12.5. The number of fused-ring (bicyclic) bond motifs is 1. The second-order valence-electron chi connectivity index (χ2n) is 6.92. The molecule has 0 N–H and O–H groups in total. The molecule has 2 rings (SSSR count). The van der Waals surface area contributed by atoms with Crippen molar-refractivity contribution in [3.05, 3.63) is 0 Å². The second-order valence-corrected chi connectivity index (χ2v) is 6.92. The summed E-state index contributed by atoms with van der Waals surface area (Å²) in [6.45, 7) is 7.57. The van der Waals surface area contributed by atoms with E-state index >= 15 is 0 Å². The lowest BCUT2D eigenvalue weighted by molar-refractivity contribution is -0.0776. The van der Waals surface area contributed by atoms with E-state index in [0.717, 1.165) is 5.92 Å². The van der Waals surface area contributed by atoms with Crippen molar-refractivity contribution < 1.29 is 0 Å². The molecule has 0 saturated heterocycles. The summed E-state index contributed by atoms with van der Waals surface area (Å²) in [5, 5.41) is 0. The van der Waals surface area contributed by atoms with Gasteiger partial charge >= 0.3 is 0 Å². The highest BCUT2D eigenvalue weighted by Crippen LogP contribution is 2.61. The van der Waals surface area contributed by atoms with Crippen molar-refractivity contribution in [2.75, 3.05) is 0 Å². The molecule has 0 amide bonds. The summed E-state index contributed by atoms with van der Waals surface area (Å²) >= 11 is 0. The standard InChI is InChI=1S/C16H30/c1-4-5-9-14-10-8-12-15(2)11-6-7-13-16(14,15)3/h14H,4-13H2,1-3H3/t14?,15-,16+/m1/s1. The Morgan fingerprint density at radius 3 is 2.44 bits per heavy atom. The lowest BCUT2D eigenvalue weighted by atomic mass is 9.47.